The van der Waals surface area contributed by atoms with Gasteiger partial charge < -0.3 is 10.1 Å². The summed E-state index contributed by atoms with van der Waals surface area (Å²) >= 11 is 0. The summed E-state index contributed by atoms with van der Waals surface area (Å²) in [4.78, 5) is 8.58. The van der Waals surface area contributed by atoms with E-state index in [1.165, 1.54) is 7.11 Å². The molecular formula is C18H20N4O. The van der Waals surface area contributed by atoms with E-state index in [-0.39, 0.29) is 0 Å². The largest absolute Gasteiger partial charge is 0.480 e. The molecule has 1 N–H and O–H groups in total. The molecule has 5 nitrogen and oxygen atoms in total. The number of benzene rings is 1. The van der Waals surface area contributed by atoms with E-state index in [2.05, 4.69) is 34.5 Å². The van der Waals surface area contributed by atoms with Gasteiger partial charge in [0.2, 0.25) is 5.88 Å². The lowest BCUT2D eigenvalue weighted by atomic mass is 10.2. The molecule has 118 valence electrons. The molecule has 0 heterocycles. The highest BCUT2D eigenvalue weighted by atomic mass is 16.5. The van der Waals surface area contributed by atoms with Crippen molar-refractivity contribution in [1.82, 2.24) is 0 Å². The number of methoxy groups -OCH3 is 1. The number of nitrogens with zero attached hydrogens (tertiary/aromatic N) is 3. The number of hydrogen-bond acceptors (Lipinski definition) is 4. The van der Waals surface area contributed by atoms with E-state index in [1.54, 1.807) is 50.4 Å². The summed E-state index contributed by atoms with van der Waals surface area (Å²) in [5.41, 5.74) is 2.59. The number of nitrogens with one attached hydrogen (secondary N) is 1. The third-order valence-corrected chi connectivity index (χ3v) is 2.71. The van der Waals surface area contributed by atoms with E-state index in [4.69, 9.17) is 10.00 Å². The monoisotopic (exact) mass is 308 g/mol. The summed E-state index contributed by atoms with van der Waals surface area (Å²) in [6.07, 6.45) is 3.24. The molecule has 1 aromatic carbocycles. The maximum Gasteiger partial charge on any atom is 0.223 e. The van der Waals surface area contributed by atoms with Gasteiger partial charge in [-0.2, -0.15) is 5.26 Å². The molecule has 23 heavy (non-hydrogen) atoms. The predicted octanol–water partition coefficient (Wildman–Crippen LogP) is 4.04. The number of rotatable bonds is 6. The van der Waals surface area contributed by atoms with E-state index in [0.717, 1.165) is 5.69 Å². The van der Waals surface area contributed by atoms with E-state index in [0.29, 0.717) is 28.6 Å². The van der Waals surface area contributed by atoms with E-state index in [1.807, 2.05) is 0 Å². The fourth-order valence-corrected chi connectivity index (χ4v) is 1.75. The van der Waals surface area contributed by atoms with Gasteiger partial charge in [-0.15, -0.1) is 0 Å². The Labute approximate surface area is 137 Å². The van der Waals surface area contributed by atoms with Crippen LogP contribution in [0.3, 0.4) is 0 Å². The second kappa shape index (κ2) is 9.00. The summed E-state index contributed by atoms with van der Waals surface area (Å²) in [7, 11) is 1.53. The van der Waals surface area contributed by atoms with Crippen LogP contribution < -0.4 is 5.32 Å². The fraction of sp³-hybridized carbons (Fsp3) is 0.167. The highest BCUT2D eigenvalue weighted by Crippen LogP contribution is 2.16. The van der Waals surface area contributed by atoms with E-state index in [9.17, 15) is 0 Å². The van der Waals surface area contributed by atoms with Gasteiger partial charge in [-0.25, -0.2) is 9.98 Å². The van der Waals surface area contributed by atoms with Crippen molar-refractivity contribution in [2.24, 2.45) is 9.98 Å². The molecule has 0 atom stereocenters. The van der Waals surface area contributed by atoms with Crippen molar-refractivity contribution < 1.29 is 4.74 Å². The van der Waals surface area contributed by atoms with Crippen LogP contribution in [0.5, 0.6) is 0 Å². The lowest BCUT2D eigenvalue weighted by molar-refractivity contribution is 0.287. The third-order valence-electron chi connectivity index (χ3n) is 2.71. The summed E-state index contributed by atoms with van der Waals surface area (Å²) in [6, 6.07) is 9.11. The lowest BCUT2D eigenvalue weighted by Gasteiger charge is -2.13. The molecule has 0 saturated heterocycles. The zero-order valence-electron chi connectivity index (χ0n) is 13.6. The van der Waals surface area contributed by atoms with Gasteiger partial charge in [0.1, 0.15) is 5.84 Å². The quantitative estimate of drug-likeness (QED) is 0.373. The molecule has 0 amide bonds. The molecule has 0 aliphatic carbocycles. The molecule has 0 aromatic heterocycles. The van der Waals surface area contributed by atoms with Gasteiger partial charge >= 0.3 is 0 Å². The van der Waals surface area contributed by atoms with Gasteiger partial charge in [0.25, 0.3) is 0 Å². The average Bonchev–Trinajstić information content (AvgIpc) is 2.54. The number of anilines is 1. The van der Waals surface area contributed by atoms with Crippen molar-refractivity contribution in [2.45, 2.75) is 13.8 Å². The maximum atomic E-state index is 8.86. The number of allylic oxidation sites excluding steroid dienone is 1. The van der Waals surface area contributed by atoms with Crippen molar-refractivity contribution in [2.75, 3.05) is 12.4 Å². The molecule has 1 aromatic rings. The molecule has 0 bridgehead atoms. The van der Waals surface area contributed by atoms with Crippen LogP contribution in [-0.4, -0.2) is 19.2 Å². The van der Waals surface area contributed by atoms with Gasteiger partial charge in [0, 0.05) is 17.6 Å². The first-order valence-corrected chi connectivity index (χ1v) is 6.96. The number of ether oxygens (including phenoxy) is 1. The normalized spacial score (nSPS) is 12.3. The second-order valence-corrected chi connectivity index (χ2v) is 4.52. The first kappa shape index (κ1) is 17.9. The SMILES string of the molecule is C=CC(/C(=N/C(=C)C)Nc1ccc(C#N)cc1)=C(\N=C/C)OC. The molecule has 0 unspecified atom stereocenters. The summed E-state index contributed by atoms with van der Waals surface area (Å²) in [5, 5.41) is 12.0. The molecule has 1 rings (SSSR count). The summed E-state index contributed by atoms with van der Waals surface area (Å²) in [5.74, 6) is 0.906. The van der Waals surface area contributed by atoms with Gasteiger partial charge in [0.05, 0.1) is 24.3 Å². The molecule has 0 fully saturated rings. The first-order valence-electron chi connectivity index (χ1n) is 6.96. The van der Waals surface area contributed by atoms with Crippen molar-refractivity contribution >= 4 is 17.7 Å². The second-order valence-electron chi connectivity index (χ2n) is 4.52. The minimum atomic E-state index is 0.392. The van der Waals surface area contributed by atoms with Crippen LogP contribution in [0, 0.1) is 11.3 Å². The Balaban J connectivity index is 3.30. The smallest absolute Gasteiger partial charge is 0.223 e. The Morgan fingerprint density at radius 2 is 2.00 bits per heavy atom. The lowest BCUT2D eigenvalue weighted by Crippen LogP contribution is -2.16. The Hall–Kier alpha value is -3.13. The van der Waals surface area contributed by atoms with Gasteiger partial charge in [-0.05, 0) is 38.1 Å². The predicted molar refractivity (Wildman–Crippen MR) is 95.4 cm³/mol. The van der Waals surface area contributed by atoms with Gasteiger partial charge in [-0.1, -0.05) is 19.2 Å². The Morgan fingerprint density at radius 1 is 1.35 bits per heavy atom. The Kier molecular flexibility index (Phi) is 7.02. The molecule has 0 aliphatic heterocycles. The number of amidine groups is 1. The maximum absolute atomic E-state index is 8.86. The van der Waals surface area contributed by atoms with Crippen molar-refractivity contribution in [3.05, 3.63) is 66.2 Å². The van der Waals surface area contributed by atoms with Crippen LogP contribution in [0.25, 0.3) is 0 Å². The number of nitriles is 1. The minimum Gasteiger partial charge on any atom is -0.480 e. The molecular weight excluding hydrogens is 288 g/mol. The van der Waals surface area contributed by atoms with Crippen LogP contribution in [-0.2, 0) is 4.74 Å². The summed E-state index contributed by atoms with van der Waals surface area (Å²) < 4.78 is 5.30. The standard InChI is InChI=1S/C18H20N4O/c1-6-16(18(23-5)20-7-2)17(21-13(3)4)22-15-10-8-14(12-19)9-11-15/h6-11H,1,3H2,2,4-5H3,(H,21,22)/b18-16-,20-7-. The van der Waals surface area contributed by atoms with Gasteiger partial charge in [0.15, 0.2) is 0 Å². The number of hydrogen-bond donors (Lipinski definition) is 1. The highest BCUT2D eigenvalue weighted by Gasteiger charge is 2.12. The first-order chi connectivity index (χ1) is 11.0. The fourth-order valence-electron chi connectivity index (χ4n) is 1.75. The van der Waals surface area contributed by atoms with Crippen molar-refractivity contribution in [3.63, 3.8) is 0 Å². The molecule has 0 spiro atoms. The Bertz CT molecular complexity index is 704. The van der Waals surface area contributed by atoms with Crippen LogP contribution in [0.1, 0.15) is 19.4 Å². The van der Waals surface area contributed by atoms with Crippen molar-refractivity contribution in [1.29, 1.82) is 5.26 Å². The highest BCUT2D eigenvalue weighted by molar-refractivity contribution is 6.10. The molecule has 0 aliphatic rings. The summed E-state index contributed by atoms with van der Waals surface area (Å²) in [6.45, 7) is 11.2. The van der Waals surface area contributed by atoms with Gasteiger partial charge in [-0.3, -0.25) is 0 Å². The minimum absolute atomic E-state index is 0.392. The van der Waals surface area contributed by atoms with Crippen LogP contribution in [0.15, 0.2) is 70.6 Å². The zero-order valence-corrected chi connectivity index (χ0v) is 13.6. The topological polar surface area (TPSA) is 69.8 Å². The van der Waals surface area contributed by atoms with Crippen LogP contribution in [0.2, 0.25) is 0 Å². The molecule has 5 heteroatoms. The molecule has 0 saturated carbocycles. The van der Waals surface area contributed by atoms with Crippen molar-refractivity contribution in [3.8, 4) is 6.07 Å². The van der Waals surface area contributed by atoms with E-state index < -0.39 is 0 Å². The third kappa shape index (κ3) is 5.29. The van der Waals surface area contributed by atoms with E-state index >= 15 is 0 Å². The van der Waals surface area contributed by atoms with Crippen LogP contribution >= 0.6 is 0 Å². The molecule has 0 radical (unpaired) electrons. The number of aliphatic imine (C=N–C) groups is 2. The van der Waals surface area contributed by atoms with Crippen LogP contribution in [0.4, 0.5) is 5.69 Å². The zero-order chi connectivity index (χ0) is 17.2. The average molecular weight is 308 g/mol. The Morgan fingerprint density at radius 3 is 2.43 bits per heavy atom.